The van der Waals surface area contributed by atoms with Crippen LogP contribution in [0.2, 0.25) is 5.02 Å². The minimum absolute atomic E-state index is 0.225. The van der Waals surface area contributed by atoms with Gasteiger partial charge in [-0.1, -0.05) is 35.9 Å². The van der Waals surface area contributed by atoms with Crippen LogP contribution in [0.25, 0.3) is 22.0 Å². The van der Waals surface area contributed by atoms with E-state index in [1.807, 2.05) is 30.3 Å². The van der Waals surface area contributed by atoms with Crippen molar-refractivity contribution in [2.24, 2.45) is 0 Å². The summed E-state index contributed by atoms with van der Waals surface area (Å²) < 4.78 is 14.5. The molecule has 162 valence electrons. The number of pyridine rings is 1. The minimum atomic E-state index is -1.11. The fraction of sp³-hybridized carbons (Fsp3) is 0.240. The first kappa shape index (κ1) is 20.8. The van der Waals surface area contributed by atoms with Crippen LogP contribution in [0.1, 0.15) is 38.1 Å². The zero-order valence-electron chi connectivity index (χ0n) is 17.7. The zero-order valence-corrected chi connectivity index (χ0v) is 18.5. The zero-order chi connectivity index (χ0) is 22.5. The molecule has 2 aromatic carbocycles. The van der Waals surface area contributed by atoms with Crippen molar-refractivity contribution in [3.05, 3.63) is 83.3 Å². The number of aromatic nitrogens is 3. The lowest BCUT2D eigenvalue weighted by molar-refractivity contribution is 0.0687. The fourth-order valence-electron chi connectivity index (χ4n) is 3.94. The first-order valence-electron chi connectivity index (χ1n) is 10.4. The molecule has 32 heavy (non-hydrogen) atoms. The molecule has 0 saturated heterocycles. The number of aliphatic hydroxyl groups is 1. The number of benzene rings is 2. The van der Waals surface area contributed by atoms with Crippen molar-refractivity contribution in [1.82, 2.24) is 15.0 Å². The Morgan fingerprint density at radius 1 is 1.00 bits per heavy atom. The summed E-state index contributed by atoms with van der Waals surface area (Å²) in [6, 6.07) is 12.7. The number of nitrogens with zero attached hydrogens (tertiary/aromatic N) is 3. The first-order valence-corrected chi connectivity index (χ1v) is 10.8. The average Bonchev–Trinajstić information content (AvgIpc) is 3.56. The van der Waals surface area contributed by atoms with E-state index in [0.717, 1.165) is 40.6 Å². The first-order chi connectivity index (χ1) is 15.3. The maximum atomic E-state index is 14.5. The fourth-order valence-corrected chi connectivity index (χ4v) is 4.14. The highest BCUT2D eigenvalue weighted by Gasteiger charge is 2.46. The highest BCUT2D eigenvalue weighted by Crippen LogP contribution is 2.51. The van der Waals surface area contributed by atoms with Gasteiger partial charge in [0.05, 0.1) is 21.8 Å². The van der Waals surface area contributed by atoms with E-state index in [-0.39, 0.29) is 5.82 Å². The van der Waals surface area contributed by atoms with Gasteiger partial charge in [0.2, 0.25) is 0 Å². The second-order valence-corrected chi connectivity index (χ2v) is 9.16. The van der Waals surface area contributed by atoms with Crippen molar-refractivity contribution >= 4 is 28.2 Å². The summed E-state index contributed by atoms with van der Waals surface area (Å²) >= 11 is 6.56. The summed E-state index contributed by atoms with van der Waals surface area (Å²) in [6.07, 6.45) is 6.63. The number of rotatable bonds is 5. The number of hydrogen-bond donors (Lipinski definition) is 2. The summed E-state index contributed by atoms with van der Waals surface area (Å²) in [6.45, 7) is 3.29. The molecule has 2 aromatic heterocycles. The Labute approximate surface area is 190 Å². The van der Waals surface area contributed by atoms with Gasteiger partial charge in [-0.15, -0.1) is 0 Å². The van der Waals surface area contributed by atoms with E-state index >= 15 is 0 Å². The molecule has 7 heteroatoms. The average molecular weight is 449 g/mol. The van der Waals surface area contributed by atoms with Crippen LogP contribution < -0.4 is 5.32 Å². The number of nitrogens with one attached hydrogen (secondary N) is 1. The number of halogens is 2. The van der Waals surface area contributed by atoms with Crippen LogP contribution >= 0.6 is 11.6 Å². The molecule has 1 aliphatic carbocycles. The van der Waals surface area contributed by atoms with Crippen molar-refractivity contribution < 1.29 is 9.50 Å². The Balaban J connectivity index is 1.57. The van der Waals surface area contributed by atoms with E-state index in [4.69, 9.17) is 11.6 Å². The van der Waals surface area contributed by atoms with Gasteiger partial charge >= 0.3 is 0 Å². The summed E-state index contributed by atoms with van der Waals surface area (Å²) in [5.41, 5.74) is 2.27. The van der Waals surface area contributed by atoms with Crippen LogP contribution in [0.3, 0.4) is 0 Å². The summed E-state index contributed by atoms with van der Waals surface area (Å²) in [7, 11) is 0. The van der Waals surface area contributed by atoms with Gasteiger partial charge in [-0.2, -0.15) is 0 Å². The van der Waals surface area contributed by atoms with Crippen LogP contribution in [0, 0.1) is 5.82 Å². The highest BCUT2D eigenvalue weighted by atomic mass is 35.5. The Morgan fingerprint density at radius 2 is 1.72 bits per heavy atom. The lowest BCUT2D eigenvalue weighted by Crippen LogP contribution is -2.20. The standard InChI is InChI=1S/C25H22ClFN4O/c1-24(2,32)23-29-12-16(13-30-23)15-7-8-21-17(11-15)22(19(26)14-28-21)31-25(9-10-25)18-5-3-4-6-20(18)27/h3-8,11-14,32H,9-10H2,1-2H3,(H,28,31). The van der Waals surface area contributed by atoms with E-state index in [2.05, 4.69) is 20.3 Å². The van der Waals surface area contributed by atoms with Gasteiger partial charge in [0.1, 0.15) is 11.4 Å². The molecule has 1 saturated carbocycles. The molecule has 4 aromatic rings. The third-order valence-electron chi connectivity index (χ3n) is 5.86. The van der Waals surface area contributed by atoms with Crippen LogP contribution in [0.15, 0.2) is 61.1 Å². The molecular weight excluding hydrogens is 427 g/mol. The molecule has 5 nitrogen and oxygen atoms in total. The molecule has 5 rings (SSSR count). The molecule has 0 spiro atoms. The number of hydrogen-bond acceptors (Lipinski definition) is 5. The third kappa shape index (κ3) is 3.70. The predicted octanol–water partition coefficient (Wildman–Crippen LogP) is 5.81. The molecule has 0 unspecified atom stereocenters. The molecule has 0 radical (unpaired) electrons. The van der Waals surface area contributed by atoms with Crippen molar-refractivity contribution in [3.63, 3.8) is 0 Å². The minimum Gasteiger partial charge on any atom is -0.382 e. The Morgan fingerprint density at radius 3 is 2.38 bits per heavy atom. The second kappa shape index (κ2) is 7.50. The van der Waals surface area contributed by atoms with Crippen LogP contribution in [-0.4, -0.2) is 20.1 Å². The van der Waals surface area contributed by atoms with Crippen LogP contribution in [0.5, 0.6) is 0 Å². The molecule has 0 aliphatic heterocycles. The maximum absolute atomic E-state index is 14.5. The van der Waals surface area contributed by atoms with Crippen molar-refractivity contribution in [2.75, 3.05) is 5.32 Å². The molecule has 1 aliphatic rings. The summed E-state index contributed by atoms with van der Waals surface area (Å²) in [5, 5.41) is 14.9. The van der Waals surface area contributed by atoms with Gasteiger partial charge in [-0.05, 0) is 50.5 Å². The lowest BCUT2D eigenvalue weighted by Gasteiger charge is -2.22. The Bertz CT molecular complexity index is 1310. The summed E-state index contributed by atoms with van der Waals surface area (Å²) in [4.78, 5) is 13.1. The van der Waals surface area contributed by atoms with E-state index in [1.165, 1.54) is 6.07 Å². The Kier molecular flexibility index (Phi) is 4.87. The van der Waals surface area contributed by atoms with Gasteiger partial charge in [0.25, 0.3) is 0 Å². The van der Waals surface area contributed by atoms with Gasteiger partial charge in [-0.3, -0.25) is 4.98 Å². The SMILES string of the molecule is CC(C)(O)c1ncc(-c2ccc3ncc(Cl)c(NC4(c5ccccc5F)CC4)c3c2)cn1. The van der Waals surface area contributed by atoms with Gasteiger partial charge in [0.15, 0.2) is 5.82 Å². The quantitative estimate of drug-likeness (QED) is 0.403. The molecule has 0 atom stereocenters. The molecule has 0 amide bonds. The molecule has 2 N–H and O–H groups in total. The summed E-state index contributed by atoms with van der Waals surface area (Å²) in [5.74, 6) is 0.131. The Hall–Kier alpha value is -3.09. The third-order valence-corrected chi connectivity index (χ3v) is 6.14. The van der Waals surface area contributed by atoms with E-state index in [9.17, 15) is 9.50 Å². The van der Waals surface area contributed by atoms with Gasteiger partial charge in [0, 0.05) is 35.1 Å². The molecule has 1 fully saturated rings. The van der Waals surface area contributed by atoms with E-state index in [0.29, 0.717) is 16.4 Å². The maximum Gasteiger partial charge on any atom is 0.159 e. The van der Waals surface area contributed by atoms with E-state index in [1.54, 1.807) is 38.5 Å². The molecule has 0 bridgehead atoms. The van der Waals surface area contributed by atoms with Gasteiger partial charge in [-0.25, -0.2) is 14.4 Å². The molecular formula is C25H22ClFN4O. The second-order valence-electron chi connectivity index (χ2n) is 8.75. The number of fused-ring (bicyclic) bond motifs is 1. The van der Waals surface area contributed by atoms with Crippen molar-refractivity contribution in [1.29, 1.82) is 0 Å². The van der Waals surface area contributed by atoms with E-state index < -0.39 is 11.1 Å². The number of anilines is 1. The highest BCUT2D eigenvalue weighted by molar-refractivity contribution is 6.34. The normalized spacial score (nSPS) is 15.0. The van der Waals surface area contributed by atoms with Crippen LogP contribution in [0.4, 0.5) is 10.1 Å². The largest absolute Gasteiger partial charge is 0.382 e. The lowest BCUT2D eigenvalue weighted by atomic mass is 10.0. The smallest absolute Gasteiger partial charge is 0.159 e. The molecule has 2 heterocycles. The predicted molar refractivity (Wildman–Crippen MR) is 124 cm³/mol. The monoisotopic (exact) mass is 448 g/mol. The van der Waals surface area contributed by atoms with Crippen molar-refractivity contribution in [3.8, 4) is 11.1 Å². The van der Waals surface area contributed by atoms with Crippen molar-refractivity contribution in [2.45, 2.75) is 37.8 Å². The van der Waals surface area contributed by atoms with Crippen LogP contribution in [-0.2, 0) is 11.1 Å². The topological polar surface area (TPSA) is 70.9 Å². The van der Waals surface area contributed by atoms with Gasteiger partial charge < -0.3 is 10.4 Å².